The number of halogens is 3. The largest absolute Gasteiger partial charge is 0.471 e. The van der Waals surface area contributed by atoms with Crippen LogP contribution in [0, 0.1) is 0 Å². The minimum atomic E-state index is -4.84. The Balaban J connectivity index is 2.70. The van der Waals surface area contributed by atoms with Crippen LogP contribution in [0.25, 0.3) is 0 Å². The van der Waals surface area contributed by atoms with Gasteiger partial charge in [0, 0.05) is 0 Å². The second-order valence-electron chi connectivity index (χ2n) is 3.79. The van der Waals surface area contributed by atoms with Crippen LogP contribution < -0.4 is 5.32 Å². The summed E-state index contributed by atoms with van der Waals surface area (Å²) >= 11 is 0. The quantitative estimate of drug-likeness (QED) is 0.871. The maximum atomic E-state index is 12.0. The summed E-state index contributed by atoms with van der Waals surface area (Å²) in [5, 5.41) is 1.91. The highest BCUT2D eigenvalue weighted by atomic mass is 19.4. The first-order chi connectivity index (χ1) is 7.84. The molecular weight excluding hydrogens is 231 g/mol. The summed E-state index contributed by atoms with van der Waals surface area (Å²) in [5.74, 6) is -1.91. The van der Waals surface area contributed by atoms with Crippen LogP contribution in [0.15, 0.2) is 24.3 Å². The molecule has 1 atom stereocenters. The van der Waals surface area contributed by atoms with E-state index in [-0.39, 0.29) is 0 Å². The van der Waals surface area contributed by atoms with E-state index in [0.29, 0.717) is 5.56 Å². The molecule has 0 aliphatic heterocycles. The van der Waals surface area contributed by atoms with E-state index in [1.54, 1.807) is 12.1 Å². The number of carbonyl (C=O) groups excluding carboxylic acids is 1. The van der Waals surface area contributed by atoms with Crippen molar-refractivity contribution in [2.45, 2.75) is 32.5 Å². The summed E-state index contributed by atoms with van der Waals surface area (Å²) in [7, 11) is 0. The summed E-state index contributed by atoms with van der Waals surface area (Å²) in [5.41, 5.74) is 1.75. The fourth-order valence-corrected chi connectivity index (χ4v) is 1.40. The van der Waals surface area contributed by atoms with Gasteiger partial charge in [0.15, 0.2) is 0 Å². The lowest BCUT2D eigenvalue weighted by Gasteiger charge is -2.15. The van der Waals surface area contributed by atoms with E-state index in [4.69, 9.17) is 0 Å². The zero-order valence-corrected chi connectivity index (χ0v) is 9.64. The average molecular weight is 245 g/mol. The van der Waals surface area contributed by atoms with Crippen LogP contribution in [0.2, 0.25) is 0 Å². The van der Waals surface area contributed by atoms with Crippen molar-refractivity contribution in [2.24, 2.45) is 0 Å². The van der Waals surface area contributed by atoms with Gasteiger partial charge in [-0.1, -0.05) is 31.2 Å². The first-order valence-electron chi connectivity index (χ1n) is 5.31. The molecule has 0 heterocycles. The molecule has 1 rings (SSSR count). The van der Waals surface area contributed by atoms with Crippen molar-refractivity contribution in [1.29, 1.82) is 0 Å². The van der Waals surface area contributed by atoms with E-state index in [1.165, 1.54) is 6.92 Å². The van der Waals surface area contributed by atoms with Gasteiger partial charge in [-0.3, -0.25) is 4.79 Å². The zero-order chi connectivity index (χ0) is 13.1. The SMILES string of the molecule is CCc1ccc([C@H](C)NC(=O)C(F)(F)F)cc1. The number of aryl methyl sites for hydroxylation is 1. The van der Waals surface area contributed by atoms with Crippen LogP contribution in [-0.4, -0.2) is 12.1 Å². The van der Waals surface area contributed by atoms with Gasteiger partial charge in [-0.2, -0.15) is 13.2 Å². The molecule has 0 saturated heterocycles. The molecule has 17 heavy (non-hydrogen) atoms. The van der Waals surface area contributed by atoms with Crippen molar-refractivity contribution >= 4 is 5.91 Å². The van der Waals surface area contributed by atoms with E-state index < -0.39 is 18.1 Å². The minimum Gasteiger partial charge on any atom is -0.342 e. The normalized spacial score (nSPS) is 13.2. The lowest BCUT2D eigenvalue weighted by atomic mass is 10.1. The van der Waals surface area contributed by atoms with Gasteiger partial charge in [0.1, 0.15) is 0 Å². The molecule has 5 heteroatoms. The van der Waals surface area contributed by atoms with Gasteiger partial charge in [0.25, 0.3) is 0 Å². The zero-order valence-electron chi connectivity index (χ0n) is 9.64. The van der Waals surface area contributed by atoms with Crippen LogP contribution in [0.3, 0.4) is 0 Å². The molecule has 1 aromatic rings. The highest BCUT2D eigenvalue weighted by Gasteiger charge is 2.39. The minimum absolute atomic E-state index is 0.653. The van der Waals surface area contributed by atoms with E-state index in [0.717, 1.165) is 12.0 Å². The van der Waals surface area contributed by atoms with E-state index in [9.17, 15) is 18.0 Å². The fraction of sp³-hybridized carbons (Fsp3) is 0.417. The molecule has 1 amide bonds. The molecule has 0 bridgehead atoms. The summed E-state index contributed by atoms with van der Waals surface area (Å²) in [6.07, 6.45) is -3.97. The Morgan fingerprint density at radius 1 is 1.29 bits per heavy atom. The molecular formula is C12H14F3NO. The van der Waals surface area contributed by atoms with Gasteiger partial charge >= 0.3 is 12.1 Å². The molecule has 0 saturated carbocycles. The Labute approximate surface area is 97.8 Å². The van der Waals surface area contributed by atoms with E-state index in [1.807, 2.05) is 24.4 Å². The average Bonchev–Trinajstić information content (AvgIpc) is 2.27. The van der Waals surface area contributed by atoms with Gasteiger partial charge in [0.2, 0.25) is 0 Å². The first kappa shape index (κ1) is 13.5. The summed E-state index contributed by atoms with van der Waals surface area (Å²) in [4.78, 5) is 10.7. The van der Waals surface area contributed by atoms with Crippen molar-refractivity contribution < 1.29 is 18.0 Å². The lowest BCUT2D eigenvalue weighted by molar-refractivity contribution is -0.174. The Hall–Kier alpha value is -1.52. The Bertz CT molecular complexity index is 384. The second-order valence-corrected chi connectivity index (χ2v) is 3.79. The Morgan fingerprint density at radius 2 is 1.82 bits per heavy atom. The highest BCUT2D eigenvalue weighted by Crippen LogP contribution is 2.19. The molecule has 2 nitrogen and oxygen atoms in total. The number of hydrogen-bond donors (Lipinski definition) is 1. The Kier molecular flexibility index (Phi) is 4.15. The molecule has 0 spiro atoms. The Morgan fingerprint density at radius 3 is 2.24 bits per heavy atom. The van der Waals surface area contributed by atoms with E-state index in [2.05, 4.69) is 0 Å². The van der Waals surface area contributed by atoms with Crippen LogP contribution in [0.4, 0.5) is 13.2 Å². The number of benzene rings is 1. The molecule has 1 aromatic carbocycles. The van der Waals surface area contributed by atoms with Gasteiger partial charge < -0.3 is 5.32 Å². The lowest BCUT2D eigenvalue weighted by Crippen LogP contribution is -2.38. The van der Waals surface area contributed by atoms with Gasteiger partial charge in [-0.15, -0.1) is 0 Å². The van der Waals surface area contributed by atoms with Crippen LogP contribution in [0.5, 0.6) is 0 Å². The van der Waals surface area contributed by atoms with Crippen LogP contribution in [0.1, 0.15) is 31.0 Å². The van der Waals surface area contributed by atoms with Crippen LogP contribution in [-0.2, 0) is 11.2 Å². The second kappa shape index (κ2) is 5.21. The predicted molar refractivity (Wildman–Crippen MR) is 58.4 cm³/mol. The maximum Gasteiger partial charge on any atom is 0.471 e. The summed E-state index contributed by atoms with van der Waals surface area (Å²) < 4.78 is 36.1. The van der Waals surface area contributed by atoms with Gasteiger partial charge in [-0.25, -0.2) is 0 Å². The number of hydrogen-bond acceptors (Lipinski definition) is 1. The molecule has 94 valence electrons. The molecule has 0 aromatic heterocycles. The third kappa shape index (κ3) is 3.76. The number of alkyl halides is 3. The number of nitrogens with one attached hydrogen (secondary N) is 1. The highest BCUT2D eigenvalue weighted by molar-refractivity contribution is 5.82. The van der Waals surface area contributed by atoms with Crippen molar-refractivity contribution in [3.63, 3.8) is 0 Å². The number of amides is 1. The van der Waals surface area contributed by atoms with Crippen molar-refractivity contribution in [3.8, 4) is 0 Å². The standard InChI is InChI=1S/C12H14F3NO/c1-3-9-4-6-10(7-5-9)8(2)16-11(17)12(13,14)15/h4-8H,3H2,1-2H3,(H,16,17)/t8-/m0/s1. The molecule has 0 radical (unpaired) electrons. The smallest absolute Gasteiger partial charge is 0.342 e. The molecule has 0 aliphatic carbocycles. The third-order valence-electron chi connectivity index (χ3n) is 2.49. The summed E-state index contributed by atoms with van der Waals surface area (Å²) in [6.45, 7) is 3.51. The molecule has 1 N–H and O–H groups in total. The molecule has 0 fully saturated rings. The predicted octanol–water partition coefficient (Wildman–Crippen LogP) is 2.99. The number of rotatable bonds is 3. The maximum absolute atomic E-state index is 12.0. The molecule has 0 aliphatic rings. The monoisotopic (exact) mass is 245 g/mol. The summed E-state index contributed by atoms with van der Waals surface area (Å²) in [6, 6.07) is 6.47. The van der Waals surface area contributed by atoms with Crippen molar-refractivity contribution in [1.82, 2.24) is 5.32 Å². The third-order valence-corrected chi connectivity index (χ3v) is 2.49. The van der Waals surface area contributed by atoms with E-state index >= 15 is 0 Å². The topological polar surface area (TPSA) is 29.1 Å². The van der Waals surface area contributed by atoms with Crippen molar-refractivity contribution in [3.05, 3.63) is 35.4 Å². The van der Waals surface area contributed by atoms with Crippen LogP contribution >= 0.6 is 0 Å². The number of carbonyl (C=O) groups is 1. The molecule has 0 unspecified atom stereocenters. The fourth-order valence-electron chi connectivity index (χ4n) is 1.40. The van der Waals surface area contributed by atoms with Gasteiger partial charge in [0.05, 0.1) is 6.04 Å². The van der Waals surface area contributed by atoms with Crippen molar-refractivity contribution in [2.75, 3.05) is 0 Å². The van der Waals surface area contributed by atoms with Gasteiger partial charge in [-0.05, 0) is 24.5 Å². The first-order valence-corrected chi connectivity index (χ1v) is 5.31.